The Morgan fingerprint density at radius 2 is 1.95 bits per heavy atom. The minimum Gasteiger partial charge on any atom is -0.381 e. The number of ether oxygens (including phenoxy) is 2. The zero-order valence-electron chi connectivity index (χ0n) is 12.0. The summed E-state index contributed by atoms with van der Waals surface area (Å²) in [7, 11) is 0. The molecule has 2 unspecified atom stereocenters. The van der Waals surface area contributed by atoms with E-state index in [1.807, 2.05) is 12.1 Å². The van der Waals surface area contributed by atoms with Crippen LogP contribution in [0.5, 0.6) is 0 Å². The lowest BCUT2D eigenvalue weighted by atomic mass is 9.76. The maximum absolute atomic E-state index is 6.50. The van der Waals surface area contributed by atoms with Crippen molar-refractivity contribution >= 4 is 23.2 Å². The third kappa shape index (κ3) is 3.38. The third-order valence-corrected chi connectivity index (χ3v) is 5.34. The average molecular weight is 330 g/mol. The molecule has 0 aromatic heterocycles. The molecule has 1 spiro atoms. The monoisotopic (exact) mass is 329 g/mol. The van der Waals surface area contributed by atoms with E-state index in [1.165, 1.54) is 0 Å². The standard InChI is InChI=1S/C16H21Cl2NO2/c17-12-1-2-14(18)13(9-12)15(19)11-3-6-21-16(10-11)4-7-20-8-5-16/h1-2,9,11,15H,3-8,10,19H2. The molecule has 3 nitrogen and oxygen atoms in total. The largest absolute Gasteiger partial charge is 0.381 e. The number of benzene rings is 1. The minimum absolute atomic E-state index is 0.0517. The van der Waals surface area contributed by atoms with Gasteiger partial charge in [0, 0.05) is 35.9 Å². The molecule has 2 atom stereocenters. The van der Waals surface area contributed by atoms with E-state index in [1.54, 1.807) is 6.07 Å². The molecule has 0 amide bonds. The molecule has 2 fully saturated rings. The molecule has 1 aromatic carbocycles. The van der Waals surface area contributed by atoms with Crippen LogP contribution in [0.2, 0.25) is 10.0 Å². The van der Waals surface area contributed by atoms with Crippen LogP contribution in [0, 0.1) is 5.92 Å². The van der Waals surface area contributed by atoms with E-state index in [2.05, 4.69) is 0 Å². The molecular formula is C16H21Cl2NO2. The van der Waals surface area contributed by atoms with Gasteiger partial charge in [0.05, 0.1) is 5.60 Å². The first-order valence-corrected chi connectivity index (χ1v) is 8.27. The van der Waals surface area contributed by atoms with Crippen molar-refractivity contribution in [3.63, 3.8) is 0 Å². The summed E-state index contributed by atoms with van der Waals surface area (Å²) in [6, 6.07) is 5.41. The summed E-state index contributed by atoms with van der Waals surface area (Å²) >= 11 is 12.4. The number of rotatable bonds is 2. The first kappa shape index (κ1) is 15.6. The quantitative estimate of drug-likeness (QED) is 0.892. The van der Waals surface area contributed by atoms with Gasteiger partial charge in [-0.1, -0.05) is 23.2 Å². The van der Waals surface area contributed by atoms with Crippen LogP contribution in [0.25, 0.3) is 0 Å². The molecule has 5 heteroatoms. The summed E-state index contributed by atoms with van der Waals surface area (Å²) in [5.74, 6) is 0.368. The molecule has 2 aliphatic heterocycles. The van der Waals surface area contributed by atoms with E-state index >= 15 is 0 Å². The molecular weight excluding hydrogens is 309 g/mol. The van der Waals surface area contributed by atoms with E-state index in [9.17, 15) is 0 Å². The summed E-state index contributed by atoms with van der Waals surface area (Å²) in [6.07, 6.45) is 3.85. The molecule has 0 bridgehead atoms. The Bertz CT molecular complexity index is 498. The van der Waals surface area contributed by atoms with E-state index < -0.39 is 0 Å². The highest BCUT2D eigenvalue weighted by Gasteiger charge is 2.41. The van der Waals surface area contributed by atoms with E-state index in [0.29, 0.717) is 16.0 Å². The van der Waals surface area contributed by atoms with Crippen molar-refractivity contribution in [1.29, 1.82) is 0 Å². The summed E-state index contributed by atoms with van der Waals surface area (Å²) in [5, 5.41) is 1.37. The zero-order chi connectivity index (χ0) is 14.9. The fourth-order valence-corrected chi connectivity index (χ4v) is 3.91. The molecule has 2 aliphatic rings. The van der Waals surface area contributed by atoms with Crippen molar-refractivity contribution in [2.24, 2.45) is 11.7 Å². The topological polar surface area (TPSA) is 44.5 Å². The Hall–Kier alpha value is -0.320. The fourth-order valence-electron chi connectivity index (χ4n) is 3.49. The maximum atomic E-state index is 6.50. The van der Waals surface area contributed by atoms with Gasteiger partial charge in [-0.3, -0.25) is 0 Å². The van der Waals surface area contributed by atoms with Gasteiger partial charge in [0.2, 0.25) is 0 Å². The Morgan fingerprint density at radius 3 is 2.71 bits per heavy atom. The van der Waals surface area contributed by atoms with Gasteiger partial charge in [0.15, 0.2) is 0 Å². The van der Waals surface area contributed by atoms with Crippen LogP contribution in [-0.2, 0) is 9.47 Å². The lowest BCUT2D eigenvalue weighted by molar-refractivity contribution is -0.149. The van der Waals surface area contributed by atoms with Gasteiger partial charge in [-0.15, -0.1) is 0 Å². The minimum atomic E-state index is -0.0974. The normalized spacial score (nSPS) is 26.7. The van der Waals surface area contributed by atoms with E-state index in [4.69, 9.17) is 38.4 Å². The first-order chi connectivity index (χ1) is 10.1. The first-order valence-electron chi connectivity index (χ1n) is 7.52. The van der Waals surface area contributed by atoms with Crippen molar-refractivity contribution in [3.8, 4) is 0 Å². The van der Waals surface area contributed by atoms with Crippen molar-refractivity contribution in [2.75, 3.05) is 19.8 Å². The van der Waals surface area contributed by atoms with Crippen LogP contribution in [0.4, 0.5) is 0 Å². The SMILES string of the molecule is NC(c1cc(Cl)ccc1Cl)C1CCOC2(CCOCC2)C1. The van der Waals surface area contributed by atoms with Gasteiger partial charge in [-0.2, -0.15) is 0 Å². The van der Waals surface area contributed by atoms with Gasteiger partial charge in [0.1, 0.15) is 0 Å². The summed E-state index contributed by atoms with van der Waals surface area (Å²) < 4.78 is 11.5. The molecule has 1 aromatic rings. The number of halogens is 2. The smallest absolute Gasteiger partial charge is 0.0729 e. The van der Waals surface area contributed by atoms with Gasteiger partial charge >= 0.3 is 0 Å². The van der Waals surface area contributed by atoms with Crippen LogP contribution in [0.15, 0.2) is 18.2 Å². The highest BCUT2D eigenvalue weighted by atomic mass is 35.5. The van der Waals surface area contributed by atoms with E-state index in [0.717, 1.165) is 51.1 Å². The van der Waals surface area contributed by atoms with Crippen molar-refractivity contribution < 1.29 is 9.47 Å². The number of hydrogen-bond acceptors (Lipinski definition) is 3. The lowest BCUT2D eigenvalue weighted by Crippen LogP contribution is -2.46. The molecule has 0 radical (unpaired) electrons. The Balaban J connectivity index is 1.77. The van der Waals surface area contributed by atoms with Gasteiger partial charge < -0.3 is 15.2 Å². The Kier molecular flexibility index (Phi) is 4.77. The molecule has 3 rings (SSSR count). The maximum Gasteiger partial charge on any atom is 0.0729 e. The van der Waals surface area contributed by atoms with Gasteiger partial charge in [-0.05, 0) is 55.4 Å². The molecule has 0 aliphatic carbocycles. The second kappa shape index (κ2) is 6.43. The highest BCUT2D eigenvalue weighted by Crippen LogP contribution is 2.42. The molecule has 116 valence electrons. The number of hydrogen-bond donors (Lipinski definition) is 1. The number of nitrogens with two attached hydrogens (primary N) is 1. The predicted octanol–water partition coefficient (Wildman–Crippen LogP) is 3.97. The molecule has 21 heavy (non-hydrogen) atoms. The summed E-state index contributed by atoms with van der Waals surface area (Å²) in [5.41, 5.74) is 7.39. The molecule has 2 saturated heterocycles. The average Bonchev–Trinajstić information content (AvgIpc) is 2.50. The van der Waals surface area contributed by atoms with Crippen molar-refractivity contribution in [3.05, 3.63) is 33.8 Å². The van der Waals surface area contributed by atoms with Gasteiger partial charge in [-0.25, -0.2) is 0 Å². The van der Waals surface area contributed by atoms with Crippen LogP contribution >= 0.6 is 23.2 Å². The lowest BCUT2D eigenvalue weighted by Gasteiger charge is -2.44. The van der Waals surface area contributed by atoms with Crippen LogP contribution in [0.3, 0.4) is 0 Å². The van der Waals surface area contributed by atoms with E-state index in [-0.39, 0.29) is 11.6 Å². The van der Waals surface area contributed by atoms with Crippen LogP contribution in [-0.4, -0.2) is 25.4 Å². The Labute approximate surface area is 135 Å². The van der Waals surface area contributed by atoms with Crippen molar-refractivity contribution in [2.45, 2.75) is 37.3 Å². The highest BCUT2D eigenvalue weighted by molar-refractivity contribution is 6.33. The fraction of sp³-hybridized carbons (Fsp3) is 0.625. The second-order valence-corrected chi connectivity index (χ2v) is 6.93. The summed E-state index contributed by atoms with van der Waals surface area (Å²) in [6.45, 7) is 2.32. The second-order valence-electron chi connectivity index (χ2n) is 6.09. The van der Waals surface area contributed by atoms with Crippen molar-refractivity contribution in [1.82, 2.24) is 0 Å². The molecule has 2 heterocycles. The van der Waals surface area contributed by atoms with Crippen LogP contribution < -0.4 is 5.73 Å². The third-order valence-electron chi connectivity index (χ3n) is 4.76. The molecule has 2 N–H and O–H groups in total. The van der Waals surface area contributed by atoms with Gasteiger partial charge in [0.25, 0.3) is 0 Å². The Morgan fingerprint density at radius 1 is 1.19 bits per heavy atom. The molecule has 0 saturated carbocycles. The van der Waals surface area contributed by atoms with Crippen LogP contribution in [0.1, 0.15) is 37.3 Å². The summed E-state index contributed by atoms with van der Waals surface area (Å²) in [4.78, 5) is 0. The zero-order valence-corrected chi connectivity index (χ0v) is 13.5. The predicted molar refractivity (Wildman–Crippen MR) is 84.9 cm³/mol.